The molecule has 0 saturated carbocycles. The number of benzene rings is 1. The van der Waals surface area contributed by atoms with Crippen LogP contribution in [0.2, 0.25) is 0 Å². The molecule has 2 aromatic rings. The van der Waals surface area contributed by atoms with Crippen LogP contribution in [0.4, 0.5) is 0 Å². The average Bonchev–Trinajstić information content (AvgIpc) is 3.26. The maximum atomic E-state index is 8.63. The van der Waals surface area contributed by atoms with Crippen molar-refractivity contribution in [3.63, 3.8) is 0 Å². The number of nitrogens with zero attached hydrogens (tertiary/aromatic N) is 5. The molecule has 1 saturated heterocycles. The zero-order valence-electron chi connectivity index (χ0n) is 13.9. The van der Waals surface area contributed by atoms with E-state index in [4.69, 9.17) is 5.26 Å². The maximum absolute atomic E-state index is 8.63. The van der Waals surface area contributed by atoms with Crippen molar-refractivity contribution in [1.29, 1.82) is 5.26 Å². The summed E-state index contributed by atoms with van der Waals surface area (Å²) in [5, 5.41) is 18.5. The lowest BCUT2D eigenvalue weighted by atomic mass is 10.3. The second-order valence-corrected chi connectivity index (χ2v) is 7.08. The molecule has 0 N–H and O–H groups in total. The molecule has 1 aliphatic rings. The van der Waals surface area contributed by atoms with Crippen LogP contribution in [0.5, 0.6) is 0 Å². The van der Waals surface area contributed by atoms with E-state index < -0.39 is 0 Å². The van der Waals surface area contributed by atoms with Gasteiger partial charge in [0.2, 0.25) is 0 Å². The summed E-state index contributed by atoms with van der Waals surface area (Å²) in [5.41, 5.74) is 1.12. The number of nitriles is 1. The maximum Gasteiger partial charge on any atom is 0.195 e. The summed E-state index contributed by atoms with van der Waals surface area (Å²) in [6, 6.07) is 12.5. The largest absolute Gasteiger partial charge is 0.296 e. The van der Waals surface area contributed by atoms with Gasteiger partial charge in [0.1, 0.15) is 0 Å². The van der Waals surface area contributed by atoms with Gasteiger partial charge in [-0.2, -0.15) is 5.26 Å². The molecule has 1 aromatic heterocycles. The third-order valence-corrected chi connectivity index (χ3v) is 5.21. The van der Waals surface area contributed by atoms with Gasteiger partial charge in [0.25, 0.3) is 0 Å². The molecule has 1 fully saturated rings. The number of hydrogen-bond donors (Lipinski definition) is 0. The third-order valence-electron chi connectivity index (χ3n) is 4.19. The number of para-hydroxylation sites is 1. The highest BCUT2D eigenvalue weighted by Crippen LogP contribution is 2.24. The number of hydrogen-bond acceptors (Lipinski definition) is 5. The van der Waals surface area contributed by atoms with Crippen LogP contribution in [-0.2, 0) is 6.54 Å². The zero-order valence-corrected chi connectivity index (χ0v) is 14.7. The average molecular weight is 341 g/mol. The van der Waals surface area contributed by atoms with E-state index in [0.717, 1.165) is 54.9 Å². The van der Waals surface area contributed by atoms with Gasteiger partial charge in [-0.25, -0.2) is 0 Å². The summed E-state index contributed by atoms with van der Waals surface area (Å²) in [5.74, 6) is 1.98. The molecule has 0 spiro atoms. The van der Waals surface area contributed by atoms with E-state index in [1.807, 2.05) is 6.07 Å². The van der Waals surface area contributed by atoms with E-state index in [2.05, 4.69) is 50.0 Å². The highest BCUT2D eigenvalue weighted by atomic mass is 32.2. The quantitative estimate of drug-likeness (QED) is 0.542. The summed E-state index contributed by atoms with van der Waals surface area (Å²) in [6.07, 6.45) is 5.16. The molecule has 2 heterocycles. The topological polar surface area (TPSA) is 57.7 Å². The fraction of sp³-hybridized carbons (Fsp3) is 0.500. The Balaban J connectivity index is 1.75. The van der Waals surface area contributed by atoms with Crippen LogP contribution in [0.1, 0.15) is 37.9 Å². The second kappa shape index (κ2) is 8.86. The molecule has 3 rings (SSSR count). The normalized spacial score (nSPS) is 14.8. The van der Waals surface area contributed by atoms with Gasteiger partial charge >= 0.3 is 0 Å². The van der Waals surface area contributed by atoms with Crippen LogP contribution < -0.4 is 0 Å². The first kappa shape index (κ1) is 17.0. The molecule has 24 heavy (non-hydrogen) atoms. The lowest BCUT2D eigenvalue weighted by Gasteiger charge is -2.15. The highest BCUT2D eigenvalue weighted by Gasteiger charge is 2.19. The Morgan fingerprint density at radius 1 is 1.08 bits per heavy atom. The van der Waals surface area contributed by atoms with Crippen molar-refractivity contribution >= 4 is 11.8 Å². The van der Waals surface area contributed by atoms with Gasteiger partial charge in [0.15, 0.2) is 11.0 Å². The lowest BCUT2D eigenvalue weighted by molar-refractivity contribution is 0.319. The van der Waals surface area contributed by atoms with Crippen molar-refractivity contribution in [2.75, 3.05) is 18.8 Å². The minimum atomic E-state index is 0.631. The predicted octanol–water partition coefficient (Wildman–Crippen LogP) is 3.65. The smallest absolute Gasteiger partial charge is 0.195 e. The molecule has 0 unspecified atom stereocenters. The van der Waals surface area contributed by atoms with E-state index in [1.165, 1.54) is 12.8 Å². The fourth-order valence-corrected chi connectivity index (χ4v) is 3.91. The minimum Gasteiger partial charge on any atom is -0.296 e. The van der Waals surface area contributed by atoms with Crippen LogP contribution in [0, 0.1) is 11.3 Å². The Labute approximate surface area is 147 Å². The number of aromatic nitrogens is 3. The van der Waals surface area contributed by atoms with Crippen LogP contribution in [0.3, 0.4) is 0 Å². The van der Waals surface area contributed by atoms with Crippen LogP contribution >= 0.6 is 11.8 Å². The number of likely N-dealkylation sites (tertiary alicyclic amines) is 1. The van der Waals surface area contributed by atoms with Gasteiger partial charge < -0.3 is 0 Å². The Hall–Kier alpha value is -1.84. The lowest BCUT2D eigenvalue weighted by Crippen LogP contribution is -2.21. The zero-order chi connectivity index (χ0) is 16.6. The van der Waals surface area contributed by atoms with Crippen LogP contribution in [-0.4, -0.2) is 38.5 Å². The SMILES string of the molecule is N#CCCCCSc1nnc(CN2CCCC2)n1-c1ccccc1. The van der Waals surface area contributed by atoms with E-state index in [9.17, 15) is 0 Å². The van der Waals surface area contributed by atoms with Crippen molar-refractivity contribution in [2.24, 2.45) is 0 Å². The molecule has 6 heteroatoms. The Kier molecular flexibility index (Phi) is 6.27. The van der Waals surface area contributed by atoms with E-state index in [1.54, 1.807) is 11.8 Å². The highest BCUT2D eigenvalue weighted by molar-refractivity contribution is 7.99. The van der Waals surface area contributed by atoms with Gasteiger partial charge in [-0.1, -0.05) is 30.0 Å². The van der Waals surface area contributed by atoms with E-state index in [0.29, 0.717) is 6.42 Å². The van der Waals surface area contributed by atoms with Gasteiger partial charge in [-0.05, 0) is 50.9 Å². The van der Waals surface area contributed by atoms with Crippen LogP contribution in [0.15, 0.2) is 35.5 Å². The third kappa shape index (κ3) is 4.37. The molecule has 126 valence electrons. The first-order chi connectivity index (χ1) is 11.9. The van der Waals surface area contributed by atoms with Gasteiger partial charge in [-0.3, -0.25) is 9.47 Å². The van der Waals surface area contributed by atoms with Crippen molar-refractivity contribution in [3.05, 3.63) is 36.2 Å². The Bertz CT molecular complexity index is 670. The number of rotatable bonds is 8. The van der Waals surface area contributed by atoms with Gasteiger partial charge in [0.05, 0.1) is 12.6 Å². The number of unbranched alkanes of at least 4 members (excludes halogenated alkanes) is 2. The predicted molar refractivity (Wildman–Crippen MR) is 96.1 cm³/mol. The molecule has 1 aromatic carbocycles. The Morgan fingerprint density at radius 2 is 1.88 bits per heavy atom. The van der Waals surface area contributed by atoms with E-state index in [-0.39, 0.29) is 0 Å². The number of thioether (sulfide) groups is 1. The first-order valence-electron chi connectivity index (χ1n) is 8.60. The molecule has 0 amide bonds. The summed E-state index contributed by atoms with van der Waals surface area (Å²) >= 11 is 1.73. The summed E-state index contributed by atoms with van der Waals surface area (Å²) in [6.45, 7) is 3.16. The monoisotopic (exact) mass is 341 g/mol. The molecular formula is C18H23N5S. The van der Waals surface area contributed by atoms with E-state index >= 15 is 0 Å². The molecule has 5 nitrogen and oxygen atoms in total. The molecule has 0 bridgehead atoms. The standard InChI is InChI=1S/C18H23N5S/c19-11-5-2-8-14-24-18-21-20-17(15-22-12-6-7-13-22)23(18)16-9-3-1-4-10-16/h1,3-4,9-10H,2,5-8,12-15H2. The molecule has 0 aliphatic carbocycles. The summed E-state index contributed by atoms with van der Waals surface area (Å²) in [4.78, 5) is 2.45. The first-order valence-corrected chi connectivity index (χ1v) is 9.59. The summed E-state index contributed by atoms with van der Waals surface area (Å²) < 4.78 is 2.19. The van der Waals surface area contributed by atoms with Crippen molar-refractivity contribution in [1.82, 2.24) is 19.7 Å². The van der Waals surface area contributed by atoms with Crippen molar-refractivity contribution in [2.45, 2.75) is 43.8 Å². The van der Waals surface area contributed by atoms with Crippen LogP contribution in [0.25, 0.3) is 5.69 Å². The Morgan fingerprint density at radius 3 is 2.62 bits per heavy atom. The molecule has 0 atom stereocenters. The minimum absolute atomic E-state index is 0.631. The van der Waals surface area contributed by atoms with Crippen molar-refractivity contribution < 1.29 is 0 Å². The molecular weight excluding hydrogens is 318 g/mol. The van der Waals surface area contributed by atoms with Gasteiger partial charge in [0, 0.05) is 17.9 Å². The molecule has 0 radical (unpaired) electrons. The second-order valence-electron chi connectivity index (χ2n) is 6.02. The molecule has 1 aliphatic heterocycles. The summed E-state index contributed by atoms with van der Waals surface area (Å²) in [7, 11) is 0. The van der Waals surface area contributed by atoms with Gasteiger partial charge in [-0.15, -0.1) is 10.2 Å². The fourth-order valence-electron chi connectivity index (χ4n) is 2.94. The van der Waals surface area contributed by atoms with Crippen molar-refractivity contribution in [3.8, 4) is 11.8 Å².